The molecule has 214 valence electrons. The Kier molecular flexibility index (Phi) is 7.38. The maximum atomic E-state index is 14.3. The number of fused-ring (bicyclic) bond motifs is 2. The summed E-state index contributed by atoms with van der Waals surface area (Å²) in [5, 5.41) is 15.9. The number of hydrogen-bond donors (Lipinski definition) is 2. The zero-order chi connectivity index (χ0) is 28.8. The molecule has 1 aromatic rings. The Balaban J connectivity index is 1.41. The number of para-hydroxylation sites is 1. The van der Waals surface area contributed by atoms with Gasteiger partial charge in [-0.05, 0) is 35.8 Å². The Morgan fingerprint density at radius 3 is 2.55 bits per heavy atom. The first-order valence-electron chi connectivity index (χ1n) is 14.2. The van der Waals surface area contributed by atoms with Gasteiger partial charge in [0.1, 0.15) is 18.1 Å². The number of amides is 4. The number of nitrogens with zero attached hydrogens (tertiary/aromatic N) is 3. The first-order chi connectivity index (χ1) is 18.9. The smallest absolute Gasteiger partial charge is 0.246 e. The molecule has 5 rings (SSSR count). The van der Waals surface area contributed by atoms with E-state index in [9.17, 15) is 24.4 Å². The molecule has 10 heteroatoms. The van der Waals surface area contributed by atoms with Gasteiger partial charge in [-0.3, -0.25) is 19.2 Å². The summed E-state index contributed by atoms with van der Waals surface area (Å²) in [6.07, 6.45) is 3.12. The normalized spacial score (nSPS) is 25.4. The van der Waals surface area contributed by atoms with E-state index >= 15 is 0 Å². The number of nitriles is 1. The predicted octanol–water partition coefficient (Wildman–Crippen LogP) is 2.20. The molecular weight excluding hydrogens is 510 g/mol. The molecule has 3 aliphatic heterocycles. The second-order valence-corrected chi connectivity index (χ2v) is 13.1. The average molecular weight is 550 g/mol. The highest BCUT2D eigenvalue weighted by Crippen LogP contribution is 2.46. The van der Waals surface area contributed by atoms with Crippen molar-refractivity contribution in [1.82, 2.24) is 15.1 Å². The first-order valence-corrected chi connectivity index (χ1v) is 14.2. The lowest BCUT2D eigenvalue weighted by Gasteiger charge is -2.37. The molecule has 3 heterocycles. The molecular formula is C30H39N5O5. The van der Waals surface area contributed by atoms with Crippen molar-refractivity contribution in [1.29, 1.82) is 5.26 Å². The van der Waals surface area contributed by atoms with Crippen molar-refractivity contribution in [2.24, 2.45) is 17.3 Å². The number of benzene rings is 1. The molecule has 0 bridgehead atoms. The fourth-order valence-corrected chi connectivity index (χ4v) is 6.13. The van der Waals surface area contributed by atoms with Crippen LogP contribution in [-0.2, 0) is 29.3 Å². The fraction of sp³-hybridized carbons (Fsp3) is 0.633. The topological polar surface area (TPSA) is 132 Å². The maximum Gasteiger partial charge on any atom is 0.246 e. The SMILES string of the molecule is CN(C(=O)[C@H](CC1CC1)NC(=O)C1COC1)[C@@H](CC(C)(C)C)C(=O)N1C[C@]2(C[C@H]1C#N)C(=O)Nc1ccccc12. The average Bonchev–Trinajstić information content (AvgIpc) is 3.53. The van der Waals surface area contributed by atoms with Crippen LogP contribution >= 0.6 is 0 Å². The Bertz CT molecular complexity index is 1240. The molecule has 0 radical (unpaired) electrons. The van der Waals surface area contributed by atoms with Gasteiger partial charge in [-0.2, -0.15) is 5.26 Å². The van der Waals surface area contributed by atoms with Gasteiger partial charge in [0.25, 0.3) is 0 Å². The van der Waals surface area contributed by atoms with Crippen LogP contribution in [0, 0.1) is 28.6 Å². The molecule has 10 nitrogen and oxygen atoms in total. The molecule has 1 aromatic carbocycles. The van der Waals surface area contributed by atoms with E-state index in [0.29, 0.717) is 37.7 Å². The lowest BCUT2D eigenvalue weighted by molar-refractivity contribution is -0.149. The Labute approximate surface area is 235 Å². The van der Waals surface area contributed by atoms with Crippen LogP contribution in [0.5, 0.6) is 0 Å². The number of anilines is 1. The zero-order valence-electron chi connectivity index (χ0n) is 23.7. The van der Waals surface area contributed by atoms with Crippen LogP contribution in [0.15, 0.2) is 24.3 Å². The zero-order valence-corrected chi connectivity index (χ0v) is 23.7. The summed E-state index contributed by atoms with van der Waals surface area (Å²) in [4.78, 5) is 57.1. The second-order valence-electron chi connectivity index (χ2n) is 13.1. The highest BCUT2D eigenvalue weighted by molar-refractivity contribution is 6.07. The highest BCUT2D eigenvalue weighted by Gasteiger charge is 2.57. The van der Waals surface area contributed by atoms with E-state index in [-0.39, 0.29) is 47.9 Å². The summed E-state index contributed by atoms with van der Waals surface area (Å²) in [6.45, 7) is 6.76. The van der Waals surface area contributed by atoms with Gasteiger partial charge in [0, 0.05) is 25.7 Å². The number of nitrogens with one attached hydrogen (secondary N) is 2. The molecule has 4 atom stereocenters. The minimum atomic E-state index is -1.01. The van der Waals surface area contributed by atoms with Crippen molar-refractivity contribution in [3.05, 3.63) is 29.8 Å². The number of likely N-dealkylation sites (tertiary alicyclic amines) is 1. The van der Waals surface area contributed by atoms with Gasteiger partial charge in [-0.15, -0.1) is 0 Å². The van der Waals surface area contributed by atoms with Gasteiger partial charge in [0.05, 0.1) is 30.6 Å². The summed E-state index contributed by atoms with van der Waals surface area (Å²) in [6, 6.07) is 7.24. The van der Waals surface area contributed by atoms with Gasteiger partial charge in [0.2, 0.25) is 23.6 Å². The third-order valence-corrected chi connectivity index (χ3v) is 8.71. The summed E-state index contributed by atoms with van der Waals surface area (Å²) < 4.78 is 5.15. The van der Waals surface area contributed by atoms with E-state index in [4.69, 9.17) is 4.74 Å². The van der Waals surface area contributed by atoms with Crippen molar-refractivity contribution in [2.45, 2.75) is 76.4 Å². The van der Waals surface area contributed by atoms with E-state index in [1.807, 2.05) is 45.0 Å². The van der Waals surface area contributed by atoms with Crippen LogP contribution in [0.25, 0.3) is 0 Å². The molecule has 1 aliphatic carbocycles. The van der Waals surface area contributed by atoms with Crippen molar-refractivity contribution < 1.29 is 23.9 Å². The third kappa shape index (κ3) is 5.31. The van der Waals surface area contributed by atoms with Crippen molar-refractivity contribution >= 4 is 29.3 Å². The minimum Gasteiger partial charge on any atom is -0.380 e. The van der Waals surface area contributed by atoms with E-state index in [0.717, 1.165) is 18.4 Å². The Morgan fingerprint density at radius 2 is 1.95 bits per heavy atom. The van der Waals surface area contributed by atoms with E-state index in [1.54, 1.807) is 7.05 Å². The third-order valence-electron chi connectivity index (χ3n) is 8.71. The van der Waals surface area contributed by atoms with Crippen molar-refractivity contribution in [2.75, 3.05) is 32.1 Å². The Morgan fingerprint density at radius 1 is 1.25 bits per heavy atom. The highest BCUT2D eigenvalue weighted by atomic mass is 16.5. The van der Waals surface area contributed by atoms with Crippen LogP contribution in [0.4, 0.5) is 5.69 Å². The Hall–Kier alpha value is -3.45. The molecule has 0 aromatic heterocycles. The van der Waals surface area contributed by atoms with Gasteiger partial charge in [0.15, 0.2) is 0 Å². The minimum absolute atomic E-state index is 0.0689. The summed E-state index contributed by atoms with van der Waals surface area (Å²) in [7, 11) is 1.61. The van der Waals surface area contributed by atoms with Crippen LogP contribution < -0.4 is 10.6 Å². The molecule has 4 aliphatic rings. The van der Waals surface area contributed by atoms with Crippen LogP contribution in [0.2, 0.25) is 0 Å². The molecule has 2 N–H and O–H groups in total. The lowest BCUT2D eigenvalue weighted by atomic mass is 9.80. The lowest BCUT2D eigenvalue weighted by Crippen LogP contribution is -2.58. The molecule has 40 heavy (non-hydrogen) atoms. The van der Waals surface area contributed by atoms with E-state index < -0.39 is 23.5 Å². The van der Waals surface area contributed by atoms with Crippen molar-refractivity contribution in [3.8, 4) is 6.07 Å². The second kappa shape index (κ2) is 10.5. The number of hydrogen-bond acceptors (Lipinski definition) is 6. The number of ether oxygens (including phenoxy) is 1. The molecule has 0 unspecified atom stereocenters. The predicted molar refractivity (Wildman–Crippen MR) is 147 cm³/mol. The summed E-state index contributed by atoms with van der Waals surface area (Å²) in [5.74, 6) is -0.962. The standard InChI is InChI=1S/C30H39N5O5/c1-29(2,3)13-24(34(4)26(37)23(11-18-9-10-18)32-25(36)19-15-40-16-19)27(38)35-17-30(12-20(35)14-31)21-7-5-6-8-22(21)33-28(30)39/h5-8,18-20,23-24H,9-13,15-17H2,1-4H3,(H,32,36)(H,33,39)/t20-,23-,24-,30-/m0/s1. The van der Waals surface area contributed by atoms with Crippen molar-refractivity contribution in [3.63, 3.8) is 0 Å². The molecule has 2 saturated heterocycles. The molecule has 1 saturated carbocycles. The number of carbonyl (C=O) groups excluding carboxylic acids is 4. The van der Waals surface area contributed by atoms with Gasteiger partial charge in [-0.1, -0.05) is 51.8 Å². The quantitative estimate of drug-likeness (QED) is 0.511. The van der Waals surface area contributed by atoms with E-state index in [2.05, 4.69) is 16.7 Å². The van der Waals surface area contributed by atoms with Crippen LogP contribution in [-0.4, -0.2) is 78.4 Å². The van der Waals surface area contributed by atoms with Gasteiger partial charge < -0.3 is 25.2 Å². The number of likely N-dealkylation sites (N-methyl/N-ethyl adjacent to an activating group) is 1. The summed E-state index contributed by atoms with van der Waals surface area (Å²) >= 11 is 0. The summed E-state index contributed by atoms with van der Waals surface area (Å²) in [5.41, 5.74) is 0.172. The van der Waals surface area contributed by atoms with E-state index in [1.165, 1.54) is 9.80 Å². The molecule has 3 fully saturated rings. The molecule has 1 spiro atoms. The van der Waals surface area contributed by atoms with Gasteiger partial charge in [-0.25, -0.2) is 0 Å². The number of rotatable bonds is 8. The van der Waals surface area contributed by atoms with Crippen LogP contribution in [0.3, 0.4) is 0 Å². The maximum absolute atomic E-state index is 14.3. The van der Waals surface area contributed by atoms with Crippen LogP contribution in [0.1, 0.15) is 58.4 Å². The molecule has 4 amide bonds. The fourth-order valence-electron chi connectivity index (χ4n) is 6.13. The number of carbonyl (C=O) groups is 4. The first kappa shape index (κ1) is 28.1. The monoisotopic (exact) mass is 549 g/mol. The van der Waals surface area contributed by atoms with Gasteiger partial charge >= 0.3 is 0 Å². The largest absolute Gasteiger partial charge is 0.380 e.